The van der Waals surface area contributed by atoms with E-state index < -0.39 is 0 Å². The van der Waals surface area contributed by atoms with E-state index in [2.05, 4.69) is 15.5 Å². The monoisotopic (exact) mass is 319 g/mol. The maximum absolute atomic E-state index is 12.8. The van der Waals surface area contributed by atoms with Gasteiger partial charge in [0.15, 0.2) is 0 Å². The predicted molar refractivity (Wildman–Crippen MR) is 81.1 cm³/mol. The van der Waals surface area contributed by atoms with Crippen LogP contribution in [0.4, 0.5) is 4.39 Å². The van der Waals surface area contributed by atoms with E-state index in [4.69, 9.17) is 4.74 Å². The average Bonchev–Trinajstić information content (AvgIpc) is 2.99. The molecular weight excluding hydrogens is 301 g/mol. The minimum Gasteiger partial charge on any atom is -0.466 e. The second kappa shape index (κ2) is 8.07. The molecule has 0 saturated heterocycles. The lowest BCUT2D eigenvalue weighted by molar-refractivity contribution is -0.143. The Balaban J connectivity index is 1.81. The van der Waals surface area contributed by atoms with Crippen LogP contribution in [0.25, 0.3) is 0 Å². The first-order chi connectivity index (χ1) is 11.1. The van der Waals surface area contributed by atoms with Gasteiger partial charge in [-0.25, -0.2) is 4.39 Å². The van der Waals surface area contributed by atoms with Gasteiger partial charge in [0, 0.05) is 12.0 Å². The van der Waals surface area contributed by atoms with Gasteiger partial charge in [-0.2, -0.15) is 5.10 Å². The molecule has 0 bridgehead atoms. The number of carbonyl (C=O) groups excluding carboxylic acids is 2. The van der Waals surface area contributed by atoms with Crippen LogP contribution in [0.2, 0.25) is 0 Å². The van der Waals surface area contributed by atoms with Gasteiger partial charge in [0.2, 0.25) is 0 Å². The molecule has 0 aliphatic heterocycles. The summed E-state index contributed by atoms with van der Waals surface area (Å²) in [5.41, 5.74) is 1.83. The largest absolute Gasteiger partial charge is 0.466 e. The Labute approximate surface area is 133 Å². The number of aromatic nitrogens is 2. The van der Waals surface area contributed by atoms with Gasteiger partial charge in [0.1, 0.15) is 5.82 Å². The van der Waals surface area contributed by atoms with Gasteiger partial charge in [0.05, 0.1) is 31.0 Å². The molecule has 0 unspecified atom stereocenters. The number of rotatable bonds is 7. The molecule has 0 saturated carbocycles. The third kappa shape index (κ3) is 5.21. The molecule has 2 N–H and O–H groups in total. The molecule has 2 aromatic rings. The topological polar surface area (TPSA) is 84.1 Å². The molecule has 122 valence electrons. The highest BCUT2D eigenvalue weighted by Gasteiger charge is 2.08. The zero-order chi connectivity index (χ0) is 16.7. The number of aryl methyl sites for hydroxylation is 1. The number of amides is 1. The van der Waals surface area contributed by atoms with Crippen LogP contribution in [0.3, 0.4) is 0 Å². The van der Waals surface area contributed by atoms with E-state index in [9.17, 15) is 14.0 Å². The summed E-state index contributed by atoms with van der Waals surface area (Å²) in [6.07, 6.45) is 0.737. The fourth-order valence-corrected chi connectivity index (χ4v) is 1.97. The van der Waals surface area contributed by atoms with Crippen molar-refractivity contribution in [2.75, 3.05) is 6.61 Å². The average molecular weight is 319 g/mol. The van der Waals surface area contributed by atoms with Gasteiger partial charge < -0.3 is 10.1 Å². The first kappa shape index (κ1) is 16.7. The maximum Gasteiger partial charge on any atom is 0.306 e. The third-order valence-corrected chi connectivity index (χ3v) is 3.12. The van der Waals surface area contributed by atoms with Gasteiger partial charge in [-0.3, -0.25) is 14.7 Å². The quantitative estimate of drug-likeness (QED) is 0.764. The smallest absolute Gasteiger partial charge is 0.306 e. The molecule has 1 aromatic heterocycles. The second-order valence-electron chi connectivity index (χ2n) is 4.88. The molecule has 0 radical (unpaired) electrons. The minimum atomic E-state index is -0.388. The number of nitrogens with one attached hydrogen (secondary N) is 2. The molecule has 7 heteroatoms. The van der Waals surface area contributed by atoms with Gasteiger partial charge in [-0.1, -0.05) is 0 Å². The van der Waals surface area contributed by atoms with Crippen molar-refractivity contribution in [2.24, 2.45) is 0 Å². The van der Waals surface area contributed by atoms with Crippen molar-refractivity contribution >= 4 is 11.9 Å². The fraction of sp³-hybridized carbons (Fsp3) is 0.312. The summed E-state index contributed by atoms with van der Waals surface area (Å²) in [6, 6.07) is 7.09. The van der Waals surface area contributed by atoms with Crippen molar-refractivity contribution < 1.29 is 18.7 Å². The SMILES string of the molecule is CCOC(=O)CCc1cc(CNC(=O)c2ccc(F)cc2)[nH]n1. The molecule has 0 aliphatic rings. The summed E-state index contributed by atoms with van der Waals surface area (Å²) in [4.78, 5) is 23.2. The van der Waals surface area contributed by atoms with Gasteiger partial charge in [-0.05, 0) is 37.3 Å². The van der Waals surface area contributed by atoms with Crippen LogP contribution in [0.1, 0.15) is 35.1 Å². The Bertz CT molecular complexity index is 667. The number of esters is 1. The van der Waals surface area contributed by atoms with E-state index in [0.29, 0.717) is 18.6 Å². The van der Waals surface area contributed by atoms with Crippen molar-refractivity contribution in [1.29, 1.82) is 0 Å². The van der Waals surface area contributed by atoms with Crippen molar-refractivity contribution in [1.82, 2.24) is 15.5 Å². The molecule has 0 aliphatic carbocycles. The lowest BCUT2D eigenvalue weighted by atomic mass is 10.2. The number of hydrogen-bond acceptors (Lipinski definition) is 4. The highest BCUT2D eigenvalue weighted by atomic mass is 19.1. The molecule has 1 heterocycles. The first-order valence-electron chi connectivity index (χ1n) is 7.31. The van der Waals surface area contributed by atoms with Crippen LogP contribution < -0.4 is 5.32 Å². The van der Waals surface area contributed by atoms with Crippen LogP contribution >= 0.6 is 0 Å². The Kier molecular flexibility index (Phi) is 5.85. The number of ether oxygens (including phenoxy) is 1. The van der Waals surface area contributed by atoms with E-state index in [-0.39, 0.29) is 30.7 Å². The highest BCUT2D eigenvalue weighted by molar-refractivity contribution is 5.94. The summed E-state index contributed by atoms with van der Waals surface area (Å²) in [6.45, 7) is 2.39. The van der Waals surface area contributed by atoms with Crippen LogP contribution in [0.15, 0.2) is 30.3 Å². The Morgan fingerprint density at radius 1 is 1.30 bits per heavy atom. The molecule has 0 atom stereocenters. The Morgan fingerprint density at radius 3 is 2.74 bits per heavy atom. The number of H-pyrrole nitrogens is 1. The molecule has 0 fully saturated rings. The van der Waals surface area contributed by atoms with E-state index in [1.807, 2.05) is 0 Å². The molecule has 1 aromatic carbocycles. The highest BCUT2D eigenvalue weighted by Crippen LogP contribution is 2.05. The standard InChI is InChI=1S/C16H18FN3O3/c1-2-23-15(21)8-7-13-9-14(20-19-13)10-18-16(22)11-3-5-12(17)6-4-11/h3-6,9H,2,7-8,10H2,1H3,(H,18,22)(H,19,20). The normalized spacial score (nSPS) is 10.3. The Morgan fingerprint density at radius 2 is 2.04 bits per heavy atom. The van der Waals surface area contributed by atoms with Crippen molar-refractivity contribution in [2.45, 2.75) is 26.3 Å². The van der Waals surface area contributed by atoms with Crippen molar-refractivity contribution in [3.05, 3.63) is 53.1 Å². The number of nitrogens with zero attached hydrogens (tertiary/aromatic N) is 1. The van der Waals surface area contributed by atoms with Crippen LogP contribution in [0.5, 0.6) is 0 Å². The zero-order valence-corrected chi connectivity index (χ0v) is 12.8. The maximum atomic E-state index is 12.8. The molecule has 2 rings (SSSR count). The number of benzene rings is 1. The summed E-state index contributed by atoms with van der Waals surface area (Å²) in [5.74, 6) is -0.948. The fourth-order valence-electron chi connectivity index (χ4n) is 1.97. The van der Waals surface area contributed by atoms with E-state index in [0.717, 1.165) is 11.4 Å². The number of hydrogen-bond donors (Lipinski definition) is 2. The lowest BCUT2D eigenvalue weighted by Crippen LogP contribution is -2.22. The van der Waals surface area contributed by atoms with E-state index >= 15 is 0 Å². The van der Waals surface area contributed by atoms with Crippen molar-refractivity contribution in [3.63, 3.8) is 0 Å². The molecule has 23 heavy (non-hydrogen) atoms. The van der Waals surface area contributed by atoms with Crippen LogP contribution in [-0.4, -0.2) is 28.7 Å². The van der Waals surface area contributed by atoms with E-state index in [1.54, 1.807) is 13.0 Å². The number of aromatic amines is 1. The minimum absolute atomic E-state index is 0.262. The molecule has 1 amide bonds. The van der Waals surface area contributed by atoms with Crippen molar-refractivity contribution in [3.8, 4) is 0 Å². The molecule has 0 spiro atoms. The zero-order valence-electron chi connectivity index (χ0n) is 12.8. The van der Waals surface area contributed by atoms with Gasteiger partial charge in [-0.15, -0.1) is 0 Å². The molecular formula is C16H18FN3O3. The Hall–Kier alpha value is -2.70. The predicted octanol–water partition coefficient (Wildman–Crippen LogP) is 1.97. The second-order valence-corrected chi connectivity index (χ2v) is 4.88. The number of carbonyl (C=O) groups is 2. The summed E-state index contributed by atoms with van der Waals surface area (Å²) in [5, 5.41) is 9.59. The van der Waals surface area contributed by atoms with Crippen LogP contribution in [0, 0.1) is 5.82 Å². The summed E-state index contributed by atoms with van der Waals surface area (Å²) < 4.78 is 17.6. The number of halogens is 1. The summed E-state index contributed by atoms with van der Waals surface area (Å²) >= 11 is 0. The van der Waals surface area contributed by atoms with Gasteiger partial charge >= 0.3 is 5.97 Å². The molecule has 6 nitrogen and oxygen atoms in total. The van der Waals surface area contributed by atoms with Gasteiger partial charge in [0.25, 0.3) is 5.91 Å². The lowest BCUT2D eigenvalue weighted by Gasteiger charge is -2.03. The van der Waals surface area contributed by atoms with Crippen LogP contribution in [-0.2, 0) is 22.5 Å². The summed E-state index contributed by atoms with van der Waals surface area (Å²) in [7, 11) is 0. The van der Waals surface area contributed by atoms with E-state index in [1.165, 1.54) is 24.3 Å². The third-order valence-electron chi connectivity index (χ3n) is 3.12. The first-order valence-corrected chi connectivity index (χ1v) is 7.31.